The van der Waals surface area contributed by atoms with Gasteiger partial charge in [-0.2, -0.15) is 0 Å². The van der Waals surface area contributed by atoms with Crippen LogP contribution in [-0.2, 0) is 15.9 Å². The summed E-state index contributed by atoms with van der Waals surface area (Å²) >= 11 is 6.51. The molecule has 2 N–H and O–H groups in total. The fourth-order valence-corrected chi connectivity index (χ4v) is 5.54. The molecule has 33 heavy (non-hydrogen) atoms. The third-order valence-electron chi connectivity index (χ3n) is 7.45. The molecule has 0 aromatic heterocycles. The minimum absolute atomic E-state index is 0.0848. The van der Waals surface area contributed by atoms with E-state index in [-0.39, 0.29) is 18.8 Å². The molecule has 2 aromatic carbocycles. The molecule has 0 bridgehead atoms. The van der Waals surface area contributed by atoms with Crippen LogP contribution in [0.15, 0.2) is 42.5 Å². The standard InChI is InChI=1S/C27H33ClO5/c28-25-6-3-19(26-14-21(30)13-24(15-29)33-26)12-20(25)11-18-1-4-22(5-2-18)32-23-7-9-27(10-8-23)16-31-17-27/h1-6,12,21,23-24,26,29-30H,7-11,13-17H2/t21-,24-,26+/m0/s1. The van der Waals surface area contributed by atoms with Crippen LogP contribution in [0.5, 0.6) is 5.75 Å². The number of aliphatic hydroxyl groups excluding tert-OH is 2. The first-order valence-corrected chi connectivity index (χ1v) is 12.5. The Morgan fingerprint density at radius 2 is 1.79 bits per heavy atom. The third kappa shape index (κ3) is 5.39. The van der Waals surface area contributed by atoms with E-state index in [4.69, 9.17) is 25.8 Å². The Balaban J connectivity index is 1.21. The summed E-state index contributed by atoms with van der Waals surface area (Å²) in [5.74, 6) is 0.920. The topological polar surface area (TPSA) is 68.2 Å². The van der Waals surface area contributed by atoms with Crippen molar-refractivity contribution >= 4 is 11.6 Å². The van der Waals surface area contributed by atoms with Gasteiger partial charge >= 0.3 is 0 Å². The fourth-order valence-electron chi connectivity index (χ4n) is 5.35. The maximum absolute atomic E-state index is 10.2. The first-order chi connectivity index (χ1) is 16.0. The zero-order valence-corrected chi connectivity index (χ0v) is 19.7. The Hall–Kier alpha value is -1.63. The minimum atomic E-state index is -0.468. The van der Waals surface area contributed by atoms with Crippen molar-refractivity contribution < 1.29 is 24.4 Å². The number of benzene rings is 2. The van der Waals surface area contributed by atoms with Crippen LogP contribution in [0.4, 0.5) is 0 Å². The molecular weight excluding hydrogens is 440 g/mol. The van der Waals surface area contributed by atoms with Crippen LogP contribution < -0.4 is 4.74 Å². The normalized spacial score (nSPS) is 27.3. The lowest BCUT2D eigenvalue weighted by molar-refractivity contribution is -0.140. The molecule has 1 spiro atoms. The van der Waals surface area contributed by atoms with Crippen LogP contribution in [0.3, 0.4) is 0 Å². The highest BCUT2D eigenvalue weighted by molar-refractivity contribution is 6.31. The van der Waals surface area contributed by atoms with Crippen molar-refractivity contribution in [3.8, 4) is 5.75 Å². The molecule has 6 heteroatoms. The summed E-state index contributed by atoms with van der Waals surface area (Å²) in [4.78, 5) is 0. The molecule has 1 saturated carbocycles. The van der Waals surface area contributed by atoms with Crippen molar-refractivity contribution in [3.05, 3.63) is 64.2 Å². The van der Waals surface area contributed by atoms with Crippen LogP contribution in [0.1, 0.15) is 61.3 Å². The number of hydrogen-bond acceptors (Lipinski definition) is 5. The molecule has 2 heterocycles. The van der Waals surface area contributed by atoms with Gasteiger partial charge in [0.25, 0.3) is 0 Å². The smallest absolute Gasteiger partial charge is 0.119 e. The lowest BCUT2D eigenvalue weighted by Gasteiger charge is -2.46. The summed E-state index contributed by atoms with van der Waals surface area (Å²) < 4.78 is 17.6. The van der Waals surface area contributed by atoms with E-state index >= 15 is 0 Å². The number of hydrogen-bond donors (Lipinski definition) is 2. The van der Waals surface area contributed by atoms with Gasteiger partial charge in [-0.15, -0.1) is 0 Å². The Bertz CT molecular complexity index is 932. The molecule has 3 aliphatic rings. The first kappa shape index (κ1) is 23.1. The number of halogens is 1. The highest BCUT2D eigenvalue weighted by Crippen LogP contribution is 2.43. The fraction of sp³-hybridized carbons (Fsp3) is 0.556. The van der Waals surface area contributed by atoms with Crippen molar-refractivity contribution in [1.29, 1.82) is 0 Å². The predicted octanol–water partition coefficient (Wildman–Crippen LogP) is 4.84. The molecule has 0 radical (unpaired) electrons. The highest BCUT2D eigenvalue weighted by atomic mass is 35.5. The molecule has 1 aliphatic carbocycles. The molecule has 2 aliphatic heterocycles. The number of aliphatic hydroxyl groups is 2. The van der Waals surface area contributed by atoms with E-state index in [2.05, 4.69) is 30.3 Å². The number of ether oxygens (including phenoxy) is 3. The largest absolute Gasteiger partial charge is 0.490 e. The Labute approximate surface area is 200 Å². The van der Waals surface area contributed by atoms with Gasteiger partial charge in [0.15, 0.2) is 0 Å². The second-order valence-electron chi connectivity index (χ2n) is 10.0. The second kappa shape index (κ2) is 9.93. The highest BCUT2D eigenvalue weighted by Gasteiger charge is 2.42. The Morgan fingerprint density at radius 3 is 2.45 bits per heavy atom. The van der Waals surface area contributed by atoms with Crippen LogP contribution >= 0.6 is 11.6 Å². The molecule has 0 amide bonds. The van der Waals surface area contributed by atoms with E-state index in [1.165, 1.54) is 12.8 Å². The molecule has 178 valence electrons. The van der Waals surface area contributed by atoms with E-state index < -0.39 is 6.10 Å². The van der Waals surface area contributed by atoms with Gasteiger partial charge in [0.2, 0.25) is 0 Å². The average Bonchev–Trinajstić information content (AvgIpc) is 2.81. The van der Waals surface area contributed by atoms with Crippen molar-refractivity contribution in [2.24, 2.45) is 5.41 Å². The van der Waals surface area contributed by atoms with Crippen molar-refractivity contribution in [1.82, 2.24) is 0 Å². The second-order valence-corrected chi connectivity index (χ2v) is 10.4. The lowest BCUT2D eigenvalue weighted by Crippen LogP contribution is -2.46. The van der Waals surface area contributed by atoms with Gasteiger partial charge in [-0.25, -0.2) is 0 Å². The zero-order chi connectivity index (χ0) is 22.8. The van der Waals surface area contributed by atoms with Gasteiger partial charge in [0.1, 0.15) is 5.75 Å². The van der Waals surface area contributed by atoms with Crippen LogP contribution in [0, 0.1) is 5.41 Å². The summed E-state index contributed by atoms with van der Waals surface area (Å²) in [6.45, 7) is 1.76. The summed E-state index contributed by atoms with van der Waals surface area (Å²) in [5.41, 5.74) is 3.61. The van der Waals surface area contributed by atoms with Gasteiger partial charge in [0.05, 0.1) is 44.2 Å². The molecule has 0 unspecified atom stereocenters. The van der Waals surface area contributed by atoms with E-state index in [0.717, 1.165) is 48.5 Å². The summed E-state index contributed by atoms with van der Waals surface area (Å²) in [6.07, 6.45) is 5.56. The monoisotopic (exact) mass is 472 g/mol. The molecule has 5 rings (SSSR count). The van der Waals surface area contributed by atoms with Gasteiger partial charge in [-0.05, 0) is 67.0 Å². The van der Waals surface area contributed by atoms with E-state index in [1.807, 2.05) is 12.1 Å². The Morgan fingerprint density at radius 1 is 1.03 bits per heavy atom. The van der Waals surface area contributed by atoms with E-state index in [0.29, 0.717) is 35.8 Å². The average molecular weight is 473 g/mol. The molecule has 3 atom stereocenters. The maximum Gasteiger partial charge on any atom is 0.119 e. The summed E-state index contributed by atoms with van der Waals surface area (Å²) in [7, 11) is 0. The maximum atomic E-state index is 10.2. The van der Waals surface area contributed by atoms with Gasteiger partial charge < -0.3 is 24.4 Å². The van der Waals surface area contributed by atoms with Gasteiger partial charge in [0, 0.05) is 23.3 Å². The lowest BCUT2D eigenvalue weighted by atomic mass is 9.72. The van der Waals surface area contributed by atoms with E-state index in [9.17, 15) is 10.2 Å². The SMILES string of the molecule is OC[C@@H]1C[C@H](O)C[C@H](c2ccc(Cl)c(Cc3ccc(OC4CCC5(CC4)COC5)cc3)c2)O1. The quantitative estimate of drug-likeness (QED) is 0.629. The van der Waals surface area contributed by atoms with Crippen LogP contribution in [0.25, 0.3) is 0 Å². The third-order valence-corrected chi connectivity index (χ3v) is 7.82. The van der Waals surface area contributed by atoms with Gasteiger partial charge in [-0.1, -0.05) is 35.9 Å². The van der Waals surface area contributed by atoms with Gasteiger partial charge in [-0.3, -0.25) is 0 Å². The number of rotatable bonds is 6. The minimum Gasteiger partial charge on any atom is -0.490 e. The molecule has 2 saturated heterocycles. The van der Waals surface area contributed by atoms with Crippen molar-refractivity contribution in [3.63, 3.8) is 0 Å². The van der Waals surface area contributed by atoms with Crippen molar-refractivity contribution in [2.45, 2.75) is 69.4 Å². The molecule has 2 aromatic rings. The molecule has 5 nitrogen and oxygen atoms in total. The van der Waals surface area contributed by atoms with Crippen LogP contribution in [0.2, 0.25) is 5.02 Å². The van der Waals surface area contributed by atoms with Crippen molar-refractivity contribution in [2.75, 3.05) is 19.8 Å². The predicted molar refractivity (Wildman–Crippen MR) is 127 cm³/mol. The molecule has 3 fully saturated rings. The van der Waals surface area contributed by atoms with Crippen LogP contribution in [-0.4, -0.2) is 48.3 Å². The Kier molecular flexibility index (Phi) is 6.96. The van der Waals surface area contributed by atoms with E-state index in [1.54, 1.807) is 0 Å². The summed E-state index contributed by atoms with van der Waals surface area (Å²) in [6, 6.07) is 14.2. The summed E-state index contributed by atoms with van der Waals surface area (Å²) in [5, 5.41) is 20.3. The first-order valence-electron chi connectivity index (χ1n) is 12.1. The molecular formula is C27H33ClO5. The zero-order valence-electron chi connectivity index (χ0n) is 18.9.